The van der Waals surface area contributed by atoms with Gasteiger partial charge in [0.15, 0.2) is 0 Å². The maximum atomic E-state index is 12.4. The molecule has 0 bridgehead atoms. The molecule has 39 heavy (non-hydrogen) atoms. The molecule has 0 unspecified atom stereocenters. The Labute approximate surface area is 226 Å². The second kappa shape index (κ2) is 19.7. The Kier molecular flexibility index (Phi) is 17.0. The van der Waals surface area contributed by atoms with Crippen LogP contribution in [0.5, 0.6) is 0 Å². The van der Waals surface area contributed by atoms with E-state index in [1.54, 1.807) is 4.90 Å². The van der Waals surface area contributed by atoms with Gasteiger partial charge in [-0.1, -0.05) is 6.42 Å². The van der Waals surface area contributed by atoms with Crippen LogP contribution in [0.4, 0.5) is 0 Å². The number of unbranched alkanes of at least 4 members (excludes halogenated alkanes) is 2. The van der Waals surface area contributed by atoms with Crippen LogP contribution in [0.3, 0.4) is 0 Å². The summed E-state index contributed by atoms with van der Waals surface area (Å²) < 4.78 is 0. The Morgan fingerprint density at radius 3 is 2.05 bits per heavy atom. The molecule has 0 aromatic heterocycles. The van der Waals surface area contributed by atoms with E-state index in [0.29, 0.717) is 25.8 Å². The van der Waals surface area contributed by atoms with Crippen molar-refractivity contribution in [3.05, 3.63) is 0 Å². The van der Waals surface area contributed by atoms with Gasteiger partial charge in [0.25, 0.3) is 5.91 Å². The number of hydrogen-bond donors (Lipinski definition) is 8. The van der Waals surface area contributed by atoms with E-state index in [2.05, 4.69) is 26.8 Å². The van der Waals surface area contributed by atoms with Crippen molar-refractivity contribution < 1.29 is 44.1 Å². The van der Waals surface area contributed by atoms with Gasteiger partial charge >= 0.3 is 17.9 Å². The Morgan fingerprint density at radius 1 is 0.744 bits per heavy atom. The van der Waals surface area contributed by atoms with Gasteiger partial charge in [-0.2, -0.15) is 0 Å². The van der Waals surface area contributed by atoms with E-state index in [4.69, 9.17) is 15.3 Å². The number of carbonyl (C=O) groups excluding carboxylic acids is 3. The number of nitrogens with zero attached hydrogens (tertiary/aromatic N) is 2. The molecule has 1 aliphatic rings. The van der Waals surface area contributed by atoms with E-state index in [0.717, 1.165) is 19.4 Å². The van der Waals surface area contributed by atoms with Crippen LogP contribution >= 0.6 is 0 Å². The van der Waals surface area contributed by atoms with Gasteiger partial charge in [0.1, 0.15) is 0 Å². The highest BCUT2D eigenvalue weighted by Crippen LogP contribution is 2.04. The molecule has 1 saturated heterocycles. The van der Waals surface area contributed by atoms with Gasteiger partial charge < -0.3 is 31.3 Å². The number of carboxylic acid groups (broad SMARTS) is 3. The SMILES string of the molecule is O=C(O)CNCCN(CCN(CC(=O)O)CC(=O)O)CC(=O)NCCCCCC(=O)NNC(=O)[C@@H]1CCCN1. The third-order valence-electron chi connectivity index (χ3n) is 5.80. The minimum atomic E-state index is -1.17. The first kappa shape index (κ1) is 33.7. The van der Waals surface area contributed by atoms with Crippen molar-refractivity contribution >= 4 is 35.6 Å². The number of carbonyl (C=O) groups is 6. The summed E-state index contributed by atoms with van der Waals surface area (Å²) in [6.45, 7) is 0.761. The molecule has 3 amide bonds. The van der Waals surface area contributed by atoms with Gasteiger partial charge in [0, 0.05) is 39.1 Å². The van der Waals surface area contributed by atoms with Crippen LogP contribution < -0.4 is 26.8 Å². The van der Waals surface area contributed by atoms with Crippen molar-refractivity contribution in [3.8, 4) is 0 Å². The smallest absolute Gasteiger partial charge is 0.317 e. The topological polar surface area (TPSA) is 230 Å². The number of carboxylic acids is 3. The first-order chi connectivity index (χ1) is 18.6. The Bertz CT molecular complexity index is 806. The van der Waals surface area contributed by atoms with Crippen LogP contribution in [0.25, 0.3) is 0 Å². The second-order valence-electron chi connectivity index (χ2n) is 9.19. The number of hydrogen-bond acceptors (Lipinski definition) is 10. The van der Waals surface area contributed by atoms with Gasteiger partial charge in [0.2, 0.25) is 11.8 Å². The molecule has 222 valence electrons. The fourth-order valence-corrected chi connectivity index (χ4v) is 3.85. The number of hydrazine groups is 1. The van der Waals surface area contributed by atoms with Gasteiger partial charge in [-0.3, -0.25) is 49.4 Å². The van der Waals surface area contributed by atoms with Crippen LogP contribution in [0, 0.1) is 0 Å². The highest BCUT2D eigenvalue weighted by Gasteiger charge is 2.22. The Morgan fingerprint density at radius 2 is 1.44 bits per heavy atom. The van der Waals surface area contributed by atoms with Crippen molar-refractivity contribution in [3.63, 3.8) is 0 Å². The maximum absolute atomic E-state index is 12.4. The van der Waals surface area contributed by atoms with Crippen LogP contribution in [0.15, 0.2) is 0 Å². The molecular weight excluding hydrogens is 518 g/mol. The van der Waals surface area contributed by atoms with E-state index >= 15 is 0 Å². The molecule has 0 spiro atoms. The summed E-state index contributed by atoms with van der Waals surface area (Å²) in [5.41, 5.74) is 4.81. The zero-order valence-electron chi connectivity index (χ0n) is 22.1. The van der Waals surface area contributed by atoms with Crippen LogP contribution in [-0.2, 0) is 28.8 Å². The zero-order chi connectivity index (χ0) is 29.0. The molecule has 1 fully saturated rings. The molecule has 16 nitrogen and oxygen atoms in total. The lowest BCUT2D eigenvalue weighted by molar-refractivity contribution is -0.142. The van der Waals surface area contributed by atoms with E-state index in [1.165, 1.54) is 4.90 Å². The highest BCUT2D eigenvalue weighted by molar-refractivity contribution is 5.85. The minimum absolute atomic E-state index is 0.0410. The maximum Gasteiger partial charge on any atom is 0.317 e. The van der Waals surface area contributed by atoms with Gasteiger partial charge in [-0.05, 0) is 32.2 Å². The summed E-state index contributed by atoms with van der Waals surface area (Å²) in [5, 5.41) is 35.3. The van der Waals surface area contributed by atoms with Crippen LogP contribution in [0.2, 0.25) is 0 Å². The molecule has 0 saturated carbocycles. The average molecular weight is 560 g/mol. The molecule has 1 aliphatic heterocycles. The predicted molar refractivity (Wildman–Crippen MR) is 137 cm³/mol. The lowest BCUT2D eigenvalue weighted by atomic mass is 10.2. The normalized spacial score (nSPS) is 14.8. The summed E-state index contributed by atoms with van der Waals surface area (Å²) in [6, 6.07) is -0.278. The fourth-order valence-electron chi connectivity index (χ4n) is 3.85. The van der Waals surface area contributed by atoms with Crippen molar-refractivity contribution in [2.24, 2.45) is 0 Å². The Balaban J connectivity index is 2.32. The lowest BCUT2D eigenvalue weighted by Gasteiger charge is -2.25. The fraction of sp³-hybridized carbons (Fsp3) is 0.739. The first-order valence-corrected chi connectivity index (χ1v) is 13.0. The summed E-state index contributed by atoms with van der Waals surface area (Å²) in [6.07, 6.45) is 3.76. The minimum Gasteiger partial charge on any atom is -0.480 e. The molecule has 0 aromatic carbocycles. The van der Waals surface area contributed by atoms with Gasteiger partial charge in [0.05, 0.1) is 32.2 Å². The standard InChI is InChI=1S/C23H41N7O9/c31-18(27-28-23(39)17-5-4-8-25-17)6-2-1-3-7-26-19(32)14-29(10-9-24-13-20(33)34)11-12-30(15-21(35)36)16-22(37)38/h17,24-25H,1-16H2,(H,26,32)(H,27,31)(H,28,39)(H,33,34)(H,35,36)(H,37,38)/t17-/m0/s1. The van der Waals surface area contributed by atoms with Gasteiger partial charge in [-0.25, -0.2) is 0 Å². The number of aliphatic carboxylic acids is 3. The number of nitrogens with one attached hydrogen (secondary N) is 5. The van der Waals surface area contributed by atoms with Crippen LogP contribution in [0.1, 0.15) is 38.5 Å². The monoisotopic (exact) mass is 559 g/mol. The van der Waals surface area contributed by atoms with Crippen molar-refractivity contribution in [1.82, 2.24) is 36.6 Å². The number of amides is 3. The van der Waals surface area contributed by atoms with E-state index in [-0.39, 0.29) is 69.5 Å². The molecular formula is C23H41N7O9. The second-order valence-corrected chi connectivity index (χ2v) is 9.19. The van der Waals surface area contributed by atoms with E-state index < -0.39 is 31.0 Å². The lowest BCUT2D eigenvalue weighted by Crippen LogP contribution is -2.49. The van der Waals surface area contributed by atoms with E-state index in [9.17, 15) is 28.8 Å². The summed E-state index contributed by atoms with van der Waals surface area (Å²) in [7, 11) is 0. The summed E-state index contributed by atoms with van der Waals surface area (Å²) >= 11 is 0. The molecule has 16 heteroatoms. The van der Waals surface area contributed by atoms with E-state index in [1.807, 2.05) is 0 Å². The summed E-state index contributed by atoms with van der Waals surface area (Å²) in [5.74, 6) is -4.22. The van der Waals surface area contributed by atoms with Crippen molar-refractivity contribution in [2.75, 3.05) is 65.4 Å². The third kappa shape index (κ3) is 17.7. The molecule has 1 heterocycles. The predicted octanol–water partition coefficient (Wildman–Crippen LogP) is -2.99. The van der Waals surface area contributed by atoms with Crippen molar-refractivity contribution in [2.45, 2.75) is 44.6 Å². The third-order valence-corrected chi connectivity index (χ3v) is 5.80. The average Bonchev–Trinajstić information content (AvgIpc) is 3.40. The zero-order valence-corrected chi connectivity index (χ0v) is 22.1. The largest absolute Gasteiger partial charge is 0.480 e. The molecule has 0 radical (unpaired) electrons. The molecule has 1 rings (SSSR count). The number of rotatable bonds is 21. The molecule has 0 aliphatic carbocycles. The highest BCUT2D eigenvalue weighted by atomic mass is 16.4. The Hall–Kier alpha value is -3.34. The quantitative estimate of drug-likeness (QED) is 0.0519. The molecule has 8 N–H and O–H groups in total. The van der Waals surface area contributed by atoms with Crippen molar-refractivity contribution in [1.29, 1.82) is 0 Å². The first-order valence-electron chi connectivity index (χ1n) is 13.0. The van der Waals surface area contributed by atoms with Crippen LogP contribution in [-0.4, -0.2) is 132 Å². The molecule has 1 atom stereocenters. The molecule has 0 aromatic rings. The van der Waals surface area contributed by atoms with Gasteiger partial charge in [-0.15, -0.1) is 0 Å². The summed E-state index contributed by atoms with van der Waals surface area (Å²) in [4.78, 5) is 71.8.